The average Bonchev–Trinajstić information content (AvgIpc) is 2.15. The number of fused-ring (bicyclic) bond motifs is 1. The summed E-state index contributed by atoms with van der Waals surface area (Å²) in [6.45, 7) is 0. The largest absolute Gasteiger partial charge is 0.360 e. The van der Waals surface area contributed by atoms with Crippen LogP contribution >= 0.6 is 0 Å². The van der Waals surface area contributed by atoms with Gasteiger partial charge < -0.3 is 4.84 Å². The van der Waals surface area contributed by atoms with Crippen LogP contribution in [0.25, 0.3) is 0 Å². The molecule has 0 aromatic rings. The molecule has 1 aliphatic heterocycles. The summed E-state index contributed by atoms with van der Waals surface area (Å²) in [5.41, 5.74) is 0. The van der Waals surface area contributed by atoms with Crippen molar-refractivity contribution in [1.29, 1.82) is 0 Å². The molecule has 0 saturated heterocycles. The Bertz CT molecular complexity index is 191. The van der Waals surface area contributed by atoms with Gasteiger partial charge in [-0.05, 0) is 6.08 Å². The molecule has 0 saturated carbocycles. The number of hydrogen-bond acceptors (Lipinski definition) is 2. The number of allylic oxidation sites excluding steroid dienone is 3. The predicted octanol–water partition coefficient (Wildman–Crippen LogP) is 0.949. The van der Waals surface area contributed by atoms with Crippen LogP contribution in [0.2, 0.25) is 0 Å². The summed E-state index contributed by atoms with van der Waals surface area (Å²) in [7, 11) is 0. The van der Waals surface area contributed by atoms with Crippen molar-refractivity contribution in [2.45, 2.75) is 0 Å². The Morgan fingerprint density at radius 2 is 2.75 bits per heavy atom. The van der Waals surface area contributed by atoms with Gasteiger partial charge in [0.1, 0.15) is 12.0 Å². The Labute approximate surface area is 47.1 Å². The van der Waals surface area contributed by atoms with Crippen LogP contribution in [0.5, 0.6) is 0 Å². The molecule has 0 N–H and O–H groups in total. The smallest absolute Gasteiger partial charge is 0.148 e. The maximum atomic E-state index is 4.79. The van der Waals surface area contributed by atoms with Gasteiger partial charge in [0.15, 0.2) is 0 Å². The van der Waals surface area contributed by atoms with E-state index in [0.29, 0.717) is 0 Å². The van der Waals surface area contributed by atoms with E-state index in [0.717, 1.165) is 5.76 Å². The first-order valence-electron chi connectivity index (χ1n) is 2.48. The van der Waals surface area contributed by atoms with Crippen LogP contribution in [0, 0.1) is 5.92 Å². The zero-order valence-corrected chi connectivity index (χ0v) is 4.16. The molecule has 0 amide bonds. The monoisotopic (exact) mass is 106 g/mol. The van der Waals surface area contributed by atoms with Crippen molar-refractivity contribution in [2.75, 3.05) is 0 Å². The highest BCUT2D eigenvalue weighted by molar-refractivity contribution is 5.70. The second-order valence-corrected chi connectivity index (χ2v) is 1.74. The lowest BCUT2D eigenvalue weighted by Gasteiger charge is -1.91. The van der Waals surface area contributed by atoms with Gasteiger partial charge in [-0.2, -0.15) is 0 Å². The first kappa shape index (κ1) is 3.89. The maximum absolute atomic E-state index is 4.79. The molecule has 0 aromatic carbocycles. The van der Waals surface area contributed by atoms with Gasteiger partial charge in [-0.15, -0.1) is 0 Å². The van der Waals surface area contributed by atoms with Crippen LogP contribution in [-0.2, 0) is 4.84 Å². The van der Waals surface area contributed by atoms with Crippen molar-refractivity contribution in [2.24, 2.45) is 11.1 Å². The summed E-state index contributed by atoms with van der Waals surface area (Å²) in [5.74, 6) is 1.11. The fraction of sp³-hybridized carbons (Fsp3) is 0.167. The number of hydrogen-bond donors (Lipinski definition) is 0. The summed E-state index contributed by atoms with van der Waals surface area (Å²) in [4.78, 5) is 4.79. The van der Waals surface area contributed by atoms with Crippen molar-refractivity contribution >= 4 is 6.21 Å². The van der Waals surface area contributed by atoms with E-state index in [2.05, 4.69) is 11.4 Å². The first-order chi connectivity index (χ1) is 3.97. The summed E-state index contributed by atoms with van der Waals surface area (Å²) in [6.07, 6.45) is 8.60. The molecule has 8 heavy (non-hydrogen) atoms. The Morgan fingerprint density at radius 1 is 1.75 bits per heavy atom. The average molecular weight is 106 g/mol. The van der Waals surface area contributed by atoms with E-state index in [4.69, 9.17) is 4.84 Å². The van der Waals surface area contributed by atoms with Gasteiger partial charge in [0.25, 0.3) is 0 Å². The van der Waals surface area contributed by atoms with Crippen molar-refractivity contribution in [1.82, 2.24) is 0 Å². The Morgan fingerprint density at radius 3 is 3.62 bits per heavy atom. The van der Waals surface area contributed by atoms with Gasteiger partial charge in [-0.1, -0.05) is 17.3 Å². The molecular formula is C6H4NO. The zero-order valence-electron chi connectivity index (χ0n) is 4.16. The van der Waals surface area contributed by atoms with Gasteiger partial charge >= 0.3 is 0 Å². The Hall–Kier alpha value is -1.05. The summed E-state index contributed by atoms with van der Waals surface area (Å²) in [6, 6.07) is 0. The third-order valence-electron chi connectivity index (χ3n) is 1.21. The third-order valence-corrected chi connectivity index (χ3v) is 1.21. The molecule has 0 aromatic heterocycles. The molecule has 0 bridgehead atoms. The lowest BCUT2D eigenvalue weighted by atomic mass is 10.2. The highest BCUT2D eigenvalue weighted by Crippen LogP contribution is 2.22. The summed E-state index contributed by atoms with van der Waals surface area (Å²) >= 11 is 0. The number of rotatable bonds is 0. The second-order valence-electron chi connectivity index (χ2n) is 1.74. The van der Waals surface area contributed by atoms with Crippen molar-refractivity contribution in [3.63, 3.8) is 0 Å². The van der Waals surface area contributed by atoms with Gasteiger partial charge in [-0.25, -0.2) is 0 Å². The molecule has 1 aliphatic carbocycles. The lowest BCUT2D eigenvalue weighted by molar-refractivity contribution is 0.239. The van der Waals surface area contributed by atoms with Crippen molar-refractivity contribution < 1.29 is 4.84 Å². The van der Waals surface area contributed by atoms with Crippen LogP contribution in [0.15, 0.2) is 29.1 Å². The molecule has 1 radical (unpaired) electrons. The Balaban J connectivity index is 2.39. The van der Waals surface area contributed by atoms with E-state index < -0.39 is 0 Å². The molecule has 2 rings (SSSR count). The minimum atomic E-state index is 0.218. The quantitative estimate of drug-likeness (QED) is 0.450. The van der Waals surface area contributed by atoms with E-state index in [9.17, 15) is 0 Å². The molecule has 1 heterocycles. The molecule has 0 fully saturated rings. The number of nitrogens with zero attached hydrogens (tertiary/aromatic N) is 1. The summed E-state index contributed by atoms with van der Waals surface area (Å²) < 4.78 is 0. The topological polar surface area (TPSA) is 21.6 Å². The minimum Gasteiger partial charge on any atom is -0.360 e. The third kappa shape index (κ3) is 0.346. The normalized spacial score (nSPS) is 30.0. The van der Waals surface area contributed by atoms with E-state index in [1.54, 1.807) is 0 Å². The van der Waals surface area contributed by atoms with E-state index >= 15 is 0 Å². The molecule has 1 unspecified atom stereocenters. The van der Waals surface area contributed by atoms with Crippen LogP contribution in [-0.4, -0.2) is 6.21 Å². The molecule has 39 valence electrons. The standard InChI is InChI=1S/C6H4NO/c1-2-5-4-7-8-6(5)3-1/h1-3,5H. The molecule has 1 atom stereocenters. The maximum Gasteiger partial charge on any atom is 0.148 e. The summed E-state index contributed by atoms with van der Waals surface area (Å²) in [5, 5.41) is 3.50. The first-order valence-corrected chi connectivity index (χ1v) is 2.48. The van der Waals surface area contributed by atoms with Gasteiger partial charge in [0.05, 0.1) is 5.92 Å². The van der Waals surface area contributed by atoms with Crippen LogP contribution in [0.3, 0.4) is 0 Å². The SMILES string of the molecule is [C]1=NOC2=CC=CC12. The van der Waals surface area contributed by atoms with Crippen molar-refractivity contribution in [3.8, 4) is 0 Å². The van der Waals surface area contributed by atoms with Crippen LogP contribution in [0.4, 0.5) is 0 Å². The van der Waals surface area contributed by atoms with Gasteiger partial charge in [0.2, 0.25) is 0 Å². The highest BCUT2D eigenvalue weighted by atomic mass is 16.6. The zero-order chi connectivity index (χ0) is 5.40. The van der Waals surface area contributed by atoms with E-state index in [1.165, 1.54) is 0 Å². The highest BCUT2D eigenvalue weighted by Gasteiger charge is 2.19. The molecule has 2 aliphatic rings. The fourth-order valence-electron chi connectivity index (χ4n) is 0.790. The van der Waals surface area contributed by atoms with E-state index in [-0.39, 0.29) is 5.92 Å². The Kier molecular flexibility index (Phi) is 0.592. The minimum absolute atomic E-state index is 0.218. The van der Waals surface area contributed by atoms with Crippen LogP contribution < -0.4 is 0 Å². The predicted molar refractivity (Wildman–Crippen MR) is 29.2 cm³/mol. The molecule has 2 nitrogen and oxygen atoms in total. The van der Waals surface area contributed by atoms with Gasteiger partial charge in [0, 0.05) is 0 Å². The van der Waals surface area contributed by atoms with Crippen molar-refractivity contribution in [3.05, 3.63) is 24.0 Å². The molecule has 0 spiro atoms. The molecule has 2 heteroatoms. The lowest BCUT2D eigenvalue weighted by Crippen LogP contribution is -1.90. The van der Waals surface area contributed by atoms with E-state index in [1.807, 2.05) is 18.2 Å². The second kappa shape index (κ2) is 1.22. The fourth-order valence-corrected chi connectivity index (χ4v) is 0.790. The van der Waals surface area contributed by atoms with Gasteiger partial charge in [-0.3, -0.25) is 0 Å². The van der Waals surface area contributed by atoms with Crippen LogP contribution in [0.1, 0.15) is 0 Å². The molecular weight excluding hydrogens is 102 g/mol.